The van der Waals surface area contributed by atoms with E-state index in [-0.39, 0.29) is 0 Å². The summed E-state index contributed by atoms with van der Waals surface area (Å²) in [5.41, 5.74) is 8.05. The number of nitrogens with zero attached hydrogens (tertiary/aromatic N) is 1. The molecule has 2 N–H and O–H groups in total. The van der Waals surface area contributed by atoms with Gasteiger partial charge in [0.2, 0.25) is 0 Å². The van der Waals surface area contributed by atoms with Gasteiger partial charge < -0.3 is 10.3 Å². The minimum atomic E-state index is -0.430. The summed E-state index contributed by atoms with van der Waals surface area (Å²) in [4.78, 5) is 0. The van der Waals surface area contributed by atoms with Gasteiger partial charge in [0.15, 0.2) is 0 Å². The quantitative estimate of drug-likeness (QED) is 0.778. The second-order valence-electron chi connectivity index (χ2n) is 4.73. The zero-order chi connectivity index (χ0) is 14.1. The Labute approximate surface area is 115 Å². The van der Waals surface area contributed by atoms with E-state index in [1.165, 1.54) is 6.07 Å². The predicted molar refractivity (Wildman–Crippen MR) is 75.3 cm³/mol. The Kier molecular flexibility index (Phi) is 3.24. The predicted octanol–water partition coefficient (Wildman–Crippen LogP) is 3.43. The van der Waals surface area contributed by atoms with E-state index in [0.717, 1.165) is 28.6 Å². The third-order valence-electron chi connectivity index (χ3n) is 3.47. The van der Waals surface area contributed by atoms with Crippen LogP contribution in [0.4, 0.5) is 8.78 Å². The van der Waals surface area contributed by atoms with Crippen LogP contribution in [-0.4, -0.2) is 4.57 Å². The normalized spacial score (nSPS) is 11.2. The van der Waals surface area contributed by atoms with Crippen molar-refractivity contribution < 1.29 is 8.78 Å². The van der Waals surface area contributed by atoms with Gasteiger partial charge in [-0.25, -0.2) is 8.78 Å². The molecule has 0 bridgehead atoms. The molecule has 0 amide bonds. The van der Waals surface area contributed by atoms with Crippen molar-refractivity contribution in [3.63, 3.8) is 0 Å². The first-order chi connectivity index (χ1) is 9.69. The van der Waals surface area contributed by atoms with Crippen molar-refractivity contribution in [2.75, 3.05) is 0 Å². The Bertz CT molecular complexity index is 762. The zero-order valence-electron chi connectivity index (χ0n) is 10.8. The van der Waals surface area contributed by atoms with Gasteiger partial charge in [0, 0.05) is 29.2 Å². The zero-order valence-corrected chi connectivity index (χ0v) is 10.8. The van der Waals surface area contributed by atoms with E-state index < -0.39 is 11.6 Å². The maximum Gasteiger partial charge on any atom is 0.128 e. The van der Waals surface area contributed by atoms with Gasteiger partial charge in [0.05, 0.1) is 6.54 Å². The Morgan fingerprint density at radius 2 is 1.85 bits per heavy atom. The van der Waals surface area contributed by atoms with Gasteiger partial charge in [-0.15, -0.1) is 0 Å². The fourth-order valence-electron chi connectivity index (χ4n) is 2.45. The number of hydrogen-bond donors (Lipinski definition) is 1. The highest BCUT2D eigenvalue weighted by Gasteiger charge is 2.08. The molecule has 1 aromatic heterocycles. The minimum absolute atomic E-state index is 0.293. The summed E-state index contributed by atoms with van der Waals surface area (Å²) in [5, 5.41) is 1.05. The Morgan fingerprint density at radius 3 is 2.65 bits per heavy atom. The molecule has 2 aromatic carbocycles. The number of benzene rings is 2. The summed E-state index contributed by atoms with van der Waals surface area (Å²) in [5.74, 6) is -0.830. The van der Waals surface area contributed by atoms with Crippen molar-refractivity contribution in [2.45, 2.75) is 13.1 Å². The van der Waals surface area contributed by atoms with Crippen LogP contribution in [0.15, 0.2) is 48.7 Å². The van der Waals surface area contributed by atoms with Crippen molar-refractivity contribution >= 4 is 10.9 Å². The first-order valence-electron chi connectivity index (χ1n) is 6.40. The lowest BCUT2D eigenvalue weighted by atomic mass is 10.1. The van der Waals surface area contributed by atoms with Crippen molar-refractivity contribution in [3.05, 3.63) is 71.4 Å². The van der Waals surface area contributed by atoms with Crippen LogP contribution in [0, 0.1) is 11.6 Å². The second-order valence-corrected chi connectivity index (χ2v) is 4.73. The fourth-order valence-corrected chi connectivity index (χ4v) is 2.45. The van der Waals surface area contributed by atoms with E-state index in [1.54, 1.807) is 0 Å². The summed E-state index contributed by atoms with van der Waals surface area (Å²) in [6, 6.07) is 11.3. The molecule has 0 aliphatic carbocycles. The standard InChI is InChI=1S/C16H14F2N2/c17-13-4-5-15(18)12(8-13)10-20-7-6-14-11(9-19)2-1-3-16(14)20/h1-8H,9-10,19H2. The summed E-state index contributed by atoms with van der Waals surface area (Å²) < 4.78 is 28.8. The lowest BCUT2D eigenvalue weighted by Gasteiger charge is -2.08. The number of hydrogen-bond acceptors (Lipinski definition) is 1. The molecule has 20 heavy (non-hydrogen) atoms. The van der Waals surface area contributed by atoms with Crippen LogP contribution in [0.1, 0.15) is 11.1 Å². The van der Waals surface area contributed by atoms with Crippen molar-refractivity contribution in [3.8, 4) is 0 Å². The van der Waals surface area contributed by atoms with E-state index in [0.29, 0.717) is 18.7 Å². The van der Waals surface area contributed by atoms with Crippen molar-refractivity contribution in [1.29, 1.82) is 0 Å². The molecule has 4 heteroatoms. The van der Waals surface area contributed by atoms with Crippen LogP contribution in [0.25, 0.3) is 10.9 Å². The van der Waals surface area contributed by atoms with E-state index >= 15 is 0 Å². The monoisotopic (exact) mass is 272 g/mol. The number of rotatable bonds is 3. The maximum absolute atomic E-state index is 13.7. The van der Waals surface area contributed by atoms with Gasteiger partial charge in [-0.05, 0) is 35.9 Å². The van der Waals surface area contributed by atoms with E-state index in [2.05, 4.69) is 0 Å². The van der Waals surface area contributed by atoms with Crippen LogP contribution in [-0.2, 0) is 13.1 Å². The third kappa shape index (κ3) is 2.18. The molecule has 2 nitrogen and oxygen atoms in total. The summed E-state index contributed by atoms with van der Waals surface area (Å²) in [7, 11) is 0. The smallest absolute Gasteiger partial charge is 0.128 e. The molecule has 0 saturated heterocycles. The van der Waals surface area contributed by atoms with Gasteiger partial charge in [0.25, 0.3) is 0 Å². The SMILES string of the molecule is NCc1cccc2c1ccn2Cc1cc(F)ccc1F. The van der Waals surface area contributed by atoms with Gasteiger partial charge in [-0.1, -0.05) is 12.1 Å². The van der Waals surface area contributed by atoms with E-state index in [9.17, 15) is 8.78 Å². The van der Waals surface area contributed by atoms with Gasteiger partial charge in [-0.2, -0.15) is 0 Å². The number of aromatic nitrogens is 1. The maximum atomic E-state index is 13.7. The topological polar surface area (TPSA) is 30.9 Å². The van der Waals surface area contributed by atoms with Crippen LogP contribution < -0.4 is 5.73 Å². The Morgan fingerprint density at radius 1 is 1.00 bits per heavy atom. The average molecular weight is 272 g/mol. The van der Waals surface area contributed by atoms with Gasteiger partial charge >= 0.3 is 0 Å². The highest BCUT2D eigenvalue weighted by molar-refractivity contribution is 5.83. The van der Waals surface area contributed by atoms with Crippen molar-refractivity contribution in [1.82, 2.24) is 4.57 Å². The second kappa shape index (κ2) is 5.06. The highest BCUT2D eigenvalue weighted by atomic mass is 19.1. The van der Waals surface area contributed by atoms with Crippen LogP contribution in [0.3, 0.4) is 0 Å². The minimum Gasteiger partial charge on any atom is -0.343 e. The molecule has 3 aromatic rings. The largest absolute Gasteiger partial charge is 0.343 e. The van der Waals surface area contributed by atoms with Crippen molar-refractivity contribution in [2.24, 2.45) is 5.73 Å². The summed E-state index contributed by atoms with van der Waals surface area (Å²) in [6.07, 6.45) is 1.87. The number of halogens is 2. The lowest BCUT2D eigenvalue weighted by molar-refractivity contribution is 0.579. The molecule has 0 radical (unpaired) electrons. The molecule has 0 unspecified atom stereocenters. The number of nitrogens with two attached hydrogens (primary N) is 1. The molecule has 0 atom stereocenters. The van der Waals surface area contributed by atoms with Gasteiger partial charge in [-0.3, -0.25) is 0 Å². The molecule has 0 aliphatic heterocycles. The third-order valence-corrected chi connectivity index (χ3v) is 3.47. The molecule has 0 fully saturated rings. The number of fused-ring (bicyclic) bond motifs is 1. The van der Waals surface area contributed by atoms with Gasteiger partial charge in [0.1, 0.15) is 11.6 Å². The fraction of sp³-hybridized carbons (Fsp3) is 0.125. The molecular weight excluding hydrogens is 258 g/mol. The lowest BCUT2D eigenvalue weighted by Crippen LogP contribution is -2.02. The van der Waals surface area contributed by atoms with Crippen LogP contribution >= 0.6 is 0 Å². The first kappa shape index (κ1) is 12.8. The molecule has 102 valence electrons. The molecule has 3 rings (SSSR count). The van der Waals surface area contributed by atoms with E-state index in [4.69, 9.17) is 5.73 Å². The summed E-state index contributed by atoms with van der Waals surface area (Å²) >= 11 is 0. The Hall–Kier alpha value is -2.20. The van der Waals surface area contributed by atoms with Crippen LogP contribution in [0.5, 0.6) is 0 Å². The molecule has 0 aliphatic rings. The van der Waals surface area contributed by atoms with E-state index in [1.807, 2.05) is 35.0 Å². The molecule has 1 heterocycles. The highest BCUT2D eigenvalue weighted by Crippen LogP contribution is 2.22. The molecular formula is C16H14F2N2. The summed E-state index contributed by atoms with van der Waals surface area (Å²) in [6.45, 7) is 0.747. The van der Waals surface area contributed by atoms with Crippen LogP contribution in [0.2, 0.25) is 0 Å². The Balaban J connectivity index is 2.05. The molecule has 0 spiro atoms. The average Bonchev–Trinajstić information content (AvgIpc) is 2.86. The first-order valence-corrected chi connectivity index (χ1v) is 6.40. The molecule has 0 saturated carbocycles.